The standard InChI is InChI=1S/C10H19N3O/c1-9-8-11-4-7-13(9)10(14)12-5-2-3-6-12/h9,11H,2-8H2,1H3/t9-/m0/s1. The zero-order valence-electron chi connectivity index (χ0n) is 8.83. The van der Waals surface area contributed by atoms with Gasteiger partial charge in [0, 0.05) is 38.8 Å². The molecular weight excluding hydrogens is 178 g/mol. The Labute approximate surface area is 85.2 Å². The number of hydrogen-bond acceptors (Lipinski definition) is 2. The van der Waals surface area contributed by atoms with Crippen LogP contribution >= 0.6 is 0 Å². The Bertz CT molecular complexity index is 213. The molecule has 0 radical (unpaired) electrons. The Morgan fingerprint density at radius 2 is 2.00 bits per heavy atom. The van der Waals surface area contributed by atoms with Crippen molar-refractivity contribution in [2.45, 2.75) is 25.8 Å². The van der Waals surface area contributed by atoms with E-state index in [0.717, 1.165) is 32.7 Å². The van der Waals surface area contributed by atoms with Gasteiger partial charge in [0.05, 0.1) is 0 Å². The first-order chi connectivity index (χ1) is 6.79. The van der Waals surface area contributed by atoms with Crippen LogP contribution in [0.25, 0.3) is 0 Å². The molecule has 2 rings (SSSR count). The van der Waals surface area contributed by atoms with Crippen LogP contribution in [0, 0.1) is 0 Å². The number of likely N-dealkylation sites (tertiary alicyclic amines) is 1. The van der Waals surface area contributed by atoms with Crippen molar-refractivity contribution in [2.24, 2.45) is 0 Å². The number of nitrogens with one attached hydrogen (secondary N) is 1. The smallest absolute Gasteiger partial charge is 0.320 e. The monoisotopic (exact) mass is 197 g/mol. The van der Waals surface area contributed by atoms with Gasteiger partial charge in [0.25, 0.3) is 0 Å². The fourth-order valence-corrected chi connectivity index (χ4v) is 2.22. The lowest BCUT2D eigenvalue weighted by Gasteiger charge is -2.36. The summed E-state index contributed by atoms with van der Waals surface area (Å²) in [7, 11) is 0. The van der Waals surface area contributed by atoms with E-state index in [1.165, 1.54) is 12.8 Å². The number of carbonyl (C=O) groups is 1. The van der Waals surface area contributed by atoms with Gasteiger partial charge in [-0.15, -0.1) is 0 Å². The second-order valence-electron chi connectivity index (χ2n) is 4.22. The third-order valence-corrected chi connectivity index (χ3v) is 3.12. The minimum Gasteiger partial charge on any atom is -0.325 e. The first kappa shape index (κ1) is 9.77. The van der Waals surface area contributed by atoms with Crippen LogP contribution in [0.5, 0.6) is 0 Å². The molecule has 0 spiro atoms. The molecule has 2 saturated heterocycles. The Morgan fingerprint density at radius 3 is 2.64 bits per heavy atom. The summed E-state index contributed by atoms with van der Waals surface area (Å²) >= 11 is 0. The van der Waals surface area contributed by atoms with Crippen LogP contribution in [0.4, 0.5) is 4.79 Å². The lowest BCUT2D eigenvalue weighted by molar-refractivity contribution is 0.133. The SMILES string of the molecule is C[C@H]1CNCCN1C(=O)N1CCCC1. The predicted octanol–water partition coefficient (Wildman–Crippen LogP) is 0.496. The fraction of sp³-hybridized carbons (Fsp3) is 0.900. The van der Waals surface area contributed by atoms with Crippen LogP contribution < -0.4 is 5.32 Å². The normalized spacial score (nSPS) is 28.2. The van der Waals surface area contributed by atoms with Crippen molar-refractivity contribution in [2.75, 3.05) is 32.7 Å². The van der Waals surface area contributed by atoms with E-state index >= 15 is 0 Å². The van der Waals surface area contributed by atoms with E-state index in [0.29, 0.717) is 6.04 Å². The zero-order chi connectivity index (χ0) is 9.97. The predicted molar refractivity (Wildman–Crippen MR) is 55.2 cm³/mol. The molecule has 14 heavy (non-hydrogen) atoms. The number of nitrogens with zero attached hydrogens (tertiary/aromatic N) is 2. The molecular formula is C10H19N3O. The first-order valence-corrected chi connectivity index (χ1v) is 5.55. The summed E-state index contributed by atoms with van der Waals surface area (Å²) in [5.74, 6) is 0. The number of urea groups is 1. The van der Waals surface area contributed by atoms with Gasteiger partial charge in [-0.1, -0.05) is 0 Å². The topological polar surface area (TPSA) is 35.6 Å². The van der Waals surface area contributed by atoms with Gasteiger partial charge in [-0.2, -0.15) is 0 Å². The Morgan fingerprint density at radius 1 is 1.29 bits per heavy atom. The molecule has 1 atom stereocenters. The Balaban J connectivity index is 1.94. The molecule has 80 valence electrons. The van der Waals surface area contributed by atoms with Crippen LogP contribution in [0.2, 0.25) is 0 Å². The molecule has 0 saturated carbocycles. The van der Waals surface area contributed by atoms with Gasteiger partial charge in [0.1, 0.15) is 0 Å². The first-order valence-electron chi connectivity index (χ1n) is 5.55. The summed E-state index contributed by atoms with van der Waals surface area (Å²) in [6.45, 7) is 6.74. The van der Waals surface area contributed by atoms with Crippen LogP contribution in [-0.4, -0.2) is 54.6 Å². The molecule has 4 heteroatoms. The average Bonchev–Trinajstić information content (AvgIpc) is 2.70. The summed E-state index contributed by atoms with van der Waals surface area (Å²) in [6.07, 6.45) is 2.35. The highest BCUT2D eigenvalue weighted by Gasteiger charge is 2.28. The van der Waals surface area contributed by atoms with Crippen LogP contribution in [0.3, 0.4) is 0 Å². The van der Waals surface area contributed by atoms with E-state index < -0.39 is 0 Å². The summed E-state index contributed by atoms with van der Waals surface area (Å²) in [5.41, 5.74) is 0. The van der Waals surface area contributed by atoms with E-state index in [-0.39, 0.29) is 6.03 Å². The van der Waals surface area contributed by atoms with E-state index in [4.69, 9.17) is 0 Å². The minimum absolute atomic E-state index is 0.247. The van der Waals surface area contributed by atoms with Crippen LogP contribution in [0.15, 0.2) is 0 Å². The molecule has 2 heterocycles. The summed E-state index contributed by atoms with van der Waals surface area (Å²) in [6, 6.07) is 0.591. The van der Waals surface area contributed by atoms with E-state index in [2.05, 4.69) is 12.2 Å². The van der Waals surface area contributed by atoms with Crippen molar-refractivity contribution >= 4 is 6.03 Å². The Kier molecular flexibility index (Phi) is 2.91. The maximum atomic E-state index is 12.0. The molecule has 0 bridgehead atoms. The highest BCUT2D eigenvalue weighted by molar-refractivity contribution is 5.75. The molecule has 0 aromatic carbocycles. The summed E-state index contributed by atoms with van der Waals surface area (Å²) in [4.78, 5) is 16.0. The lowest BCUT2D eigenvalue weighted by Crippen LogP contribution is -2.55. The van der Waals surface area contributed by atoms with Crippen molar-refractivity contribution in [3.63, 3.8) is 0 Å². The van der Waals surface area contributed by atoms with Gasteiger partial charge in [-0.3, -0.25) is 0 Å². The second-order valence-corrected chi connectivity index (χ2v) is 4.22. The van der Waals surface area contributed by atoms with Gasteiger partial charge in [0.2, 0.25) is 0 Å². The molecule has 0 unspecified atom stereocenters. The third kappa shape index (κ3) is 1.85. The van der Waals surface area contributed by atoms with Gasteiger partial charge < -0.3 is 15.1 Å². The van der Waals surface area contributed by atoms with E-state index in [1.807, 2.05) is 9.80 Å². The van der Waals surface area contributed by atoms with Crippen molar-refractivity contribution in [3.8, 4) is 0 Å². The summed E-state index contributed by atoms with van der Waals surface area (Å²) in [5, 5.41) is 3.30. The quantitative estimate of drug-likeness (QED) is 0.613. The van der Waals surface area contributed by atoms with E-state index in [1.54, 1.807) is 0 Å². The van der Waals surface area contributed by atoms with Crippen molar-refractivity contribution in [3.05, 3.63) is 0 Å². The largest absolute Gasteiger partial charge is 0.325 e. The molecule has 0 aromatic heterocycles. The third-order valence-electron chi connectivity index (χ3n) is 3.12. The number of piperazine rings is 1. The van der Waals surface area contributed by atoms with Crippen molar-refractivity contribution in [1.82, 2.24) is 15.1 Å². The number of hydrogen-bond donors (Lipinski definition) is 1. The second kappa shape index (κ2) is 4.17. The lowest BCUT2D eigenvalue weighted by atomic mass is 10.2. The highest BCUT2D eigenvalue weighted by Crippen LogP contribution is 2.13. The highest BCUT2D eigenvalue weighted by atomic mass is 16.2. The molecule has 1 N–H and O–H groups in total. The number of amides is 2. The molecule has 2 aliphatic rings. The molecule has 2 amide bonds. The van der Waals surface area contributed by atoms with Crippen LogP contribution in [-0.2, 0) is 0 Å². The number of rotatable bonds is 0. The average molecular weight is 197 g/mol. The maximum absolute atomic E-state index is 12.0. The minimum atomic E-state index is 0.247. The van der Waals surface area contributed by atoms with Crippen molar-refractivity contribution in [1.29, 1.82) is 0 Å². The molecule has 0 aliphatic carbocycles. The molecule has 2 fully saturated rings. The van der Waals surface area contributed by atoms with Gasteiger partial charge in [-0.05, 0) is 19.8 Å². The van der Waals surface area contributed by atoms with Crippen molar-refractivity contribution < 1.29 is 4.79 Å². The van der Waals surface area contributed by atoms with Gasteiger partial charge >= 0.3 is 6.03 Å². The van der Waals surface area contributed by atoms with E-state index in [9.17, 15) is 4.79 Å². The maximum Gasteiger partial charge on any atom is 0.320 e. The fourth-order valence-electron chi connectivity index (χ4n) is 2.22. The molecule has 4 nitrogen and oxygen atoms in total. The van der Waals surface area contributed by atoms with Crippen LogP contribution in [0.1, 0.15) is 19.8 Å². The van der Waals surface area contributed by atoms with Gasteiger partial charge in [-0.25, -0.2) is 4.79 Å². The Hall–Kier alpha value is -0.770. The molecule has 0 aromatic rings. The summed E-state index contributed by atoms with van der Waals surface area (Å²) < 4.78 is 0. The zero-order valence-corrected chi connectivity index (χ0v) is 8.83. The molecule has 2 aliphatic heterocycles. The van der Waals surface area contributed by atoms with Gasteiger partial charge in [0.15, 0.2) is 0 Å². The number of carbonyl (C=O) groups excluding carboxylic acids is 1.